The van der Waals surface area contributed by atoms with E-state index in [9.17, 15) is 13.6 Å². The van der Waals surface area contributed by atoms with E-state index in [1.54, 1.807) is 6.07 Å². The first-order chi connectivity index (χ1) is 13.9. The van der Waals surface area contributed by atoms with Crippen LogP contribution < -0.4 is 0 Å². The van der Waals surface area contributed by atoms with Crippen molar-refractivity contribution >= 4 is 5.91 Å². The van der Waals surface area contributed by atoms with Crippen LogP contribution in [0.4, 0.5) is 8.78 Å². The average molecular weight is 399 g/mol. The molecule has 0 N–H and O–H groups in total. The number of benzene rings is 1. The molecule has 1 aromatic heterocycles. The summed E-state index contributed by atoms with van der Waals surface area (Å²) in [4.78, 5) is 15.6. The Balaban J connectivity index is 1.63. The van der Waals surface area contributed by atoms with Crippen molar-refractivity contribution in [3.8, 4) is 11.3 Å². The van der Waals surface area contributed by atoms with Crippen LogP contribution in [0, 0.1) is 17.0 Å². The van der Waals surface area contributed by atoms with Gasteiger partial charge in [-0.05, 0) is 47.9 Å². The van der Waals surface area contributed by atoms with Crippen LogP contribution in [0.3, 0.4) is 0 Å². The molecular weight excluding hydrogens is 376 g/mol. The second-order valence-electron chi connectivity index (χ2n) is 8.75. The number of morpholine rings is 1. The van der Waals surface area contributed by atoms with Gasteiger partial charge in [-0.3, -0.25) is 4.79 Å². The first-order valence-corrected chi connectivity index (χ1v) is 10.1. The predicted octanol–water partition coefficient (Wildman–Crippen LogP) is 3.44. The Morgan fingerprint density at radius 3 is 2.55 bits per heavy atom. The van der Waals surface area contributed by atoms with Crippen LogP contribution in [0.5, 0.6) is 0 Å². The summed E-state index contributed by atoms with van der Waals surface area (Å²) in [6, 6.07) is 5.50. The van der Waals surface area contributed by atoms with Gasteiger partial charge >= 0.3 is 0 Å². The summed E-state index contributed by atoms with van der Waals surface area (Å²) < 4.78 is 34.0. The van der Waals surface area contributed by atoms with E-state index in [1.165, 1.54) is 18.2 Å². The Labute approximate surface area is 168 Å². The van der Waals surface area contributed by atoms with Gasteiger partial charge in [0.1, 0.15) is 11.6 Å². The second kappa shape index (κ2) is 6.29. The SMILES string of the molecule is CC1(C)[C@@H]2CC[C@@]1(C(=O)N1CCOCC1)c1nnc(-c3c(F)cccc3F)cc12. The van der Waals surface area contributed by atoms with E-state index in [2.05, 4.69) is 24.0 Å². The summed E-state index contributed by atoms with van der Waals surface area (Å²) in [7, 11) is 0. The molecule has 1 aromatic carbocycles. The molecule has 2 fully saturated rings. The number of rotatable bonds is 2. The van der Waals surface area contributed by atoms with Crippen molar-refractivity contribution in [1.29, 1.82) is 0 Å². The number of hydrogen-bond acceptors (Lipinski definition) is 4. The van der Waals surface area contributed by atoms with Gasteiger partial charge in [-0.2, -0.15) is 5.10 Å². The highest BCUT2D eigenvalue weighted by Gasteiger charge is 2.68. The minimum Gasteiger partial charge on any atom is -0.378 e. The molecular formula is C22H23F2N3O2. The normalized spacial score (nSPS) is 27.2. The molecule has 7 heteroatoms. The standard InChI is InChI=1S/C22H23F2N3O2/c1-21(2)14-6-7-22(21,20(28)27-8-10-29-11-9-27)19-13(14)12-17(25-26-19)18-15(23)4-3-5-16(18)24/h3-5,12,14H,6-11H2,1-2H3/t14-,22+/m1/s1. The fraction of sp³-hybridized carbons (Fsp3) is 0.500. The maximum atomic E-state index is 14.3. The zero-order valence-electron chi connectivity index (χ0n) is 16.5. The lowest BCUT2D eigenvalue weighted by Crippen LogP contribution is -2.54. The van der Waals surface area contributed by atoms with Crippen molar-refractivity contribution in [2.45, 2.75) is 38.0 Å². The van der Waals surface area contributed by atoms with Gasteiger partial charge in [0, 0.05) is 13.1 Å². The van der Waals surface area contributed by atoms with Crippen LogP contribution in [0.2, 0.25) is 0 Å². The monoisotopic (exact) mass is 399 g/mol. The molecule has 2 aliphatic carbocycles. The number of nitrogens with zero attached hydrogens (tertiary/aromatic N) is 3. The minimum atomic E-state index is -0.746. The van der Waals surface area contributed by atoms with E-state index >= 15 is 0 Å². The molecule has 2 aromatic rings. The summed E-state index contributed by atoms with van der Waals surface area (Å²) in [6.45, 7) is 6.43. The predicted molar refractivity (Wildman–Crippen MR) is 102 cm³/mol. The lowest BCUT2D eigenvalue weighted by molar-refractivity contribution is -0.145. The maximum absolute atomic E-state index is 14.3. The van der Waals surface area contributed by atoms with Crippen molar-refractivity contribution in [2.24, 2.45) is 5.41 Å². The van der Waals surface area contributed by atoms with Crippen molar-refractivity contribution in [3.05, 3.63) is 47.2 Å². The molecule has 3 aliphatic rings. The van der Waals surface area contributed by atoms with Gasteiger partial charge in [-0.15, -0.1) is 5.10 Å². The van der Waals surface area contributed by atoms with Gasteiger partial charge in [-0.25, -0.2) is 8.78 Å². The van der Waals surface area contributed by atoms with Crippen LogP contribution in [0.1, 0.15) is 43.9 Å². The smallest absolute Gasteiger partial charge is 0.235 e. The topological polar surface area (TPSA) is 55.3 Å². The van der Waals surface area contributed by atoms with E-state index in [0.29, 0.717) is 32.0 Å². The fourth-order valence-corrected chi connectivity index (χ4v) is 5.70. The molecule has 2 heterocycles. The number of ether oxygens (including phenoxy) is 1. The Hall–Kier alpha value is -2.41. The molecule has 1 amide bonds. The number of amides is 1. The number of hydrogen-bond donors (Lipinski definition) is 0. The lowest BCUT2D eigenvalue weighted by Gasteiger charge is -2.41. The molecule has 5 nitrogen and oxygen atoms in total. The van der Waals surface area contributed by atoms with Crippen molar-refractivity contribution in [3.63, 3.8) is 0 Å². The van der Waals surface area contributed by atoms with Gasteiger partial charge in [0.25, 0.3) is 0 Å². The number of carbonyl (C=O) groups excluding carboxylic acids is 1. The Kier molecular flexibility index (Phi) is 4.04. The second-order valence-corrected chi connectivity index (χ2v) is 8.75. The van der Waals surface area contributed by atoms with E-state index in [0.717, 1.165) is 18.4 Å². The van der Waals surface area contributed by atoms with Crippen LogP contribution in [-0.4, -0.2) is 47.3 Å². The lowest BCUT2D eigenvalue weighted by atomic mass is 9.67. The third-order valence-corrected chi connectivity index (χ3v) is 7.26. The van der Waals surface area contributed by atoms with Gasteiger partial charge in [-0.1, -0.05) is 19.9 Å². The van der Waals surface area contributed by atoms with Crippen molar-refractivity contribution in [2.75, 3.05) is 26.3 Å². The fourth-order valence-electron chi connectivity index (χ4n) is 5.70. The Morgan fingerprint density at radius 1 is 1.17 bits per heavy atom. The van der Waals surface area contributed by atoms with E-state index in [1.807, 2.05) is 4.90 Å². The maximum Gasteiger partial charge on any atom is 0.235 e. The number of carbonyl (C=O) groups is 1. The zero-order chi connectivity index (χ0) is 20.4. The largest absolute Gasteiger partial charge is 0.378 e. The summed E-state index contributed by atoms with van der Waals surface area (Å²) in [5, 5.41) is 8.60. The van der Waals surface area contributed by atoms with E-state index < -0.39 is 17.0 Å². The summed E-state index contributed by atoms with van der Waals surface area (Å²) in [6.07, 6.45) is 1.57. The van der Waals surface area contributed by atoms with Crippen LogP contribution in [-0.2, 0) is 14.9 Å². The van der Waals surface area contributed by atoms with Crippen LogP contribution >= 0.6 is 0 Å². The van der Waals surface area contributed by atoms with Crippen molar-refractivity contribution in [1.82, 2.24) is 15.1 Å². The molecule has 152 valence electrons. The highest BCUT2D eigenvalue weighted by Crippen LogP contribution is 2.68. The molecule has 2 atom stereocenters. The molecule has 5 rings (SSSR count). The number of fused-ring (bicyclic) bond motifs is 5. The molecule has 0 spiro atoms. The van der Waals surface area contributed by atoms with Gasteiger partial charge in [0.15, 0.2) is 0 Å². The quantitative estimate of drug-likeness (QED) is 0.776. The van der Waals surface area contributed by atoms with Crippen LogP contribution in [0.25, 0.3) is 11.3 Å². The molecule has 1 aliphatic heterocycles. The first kappa shape index (κ1) is 18.6. The summed E-state index contributed by atoms with van der Waals surface area (Å²) in [5.41, 5.74) is 0.495. The molecule has 0 unspecified atom stereocenters. The minimum absolute atomic E-state index is 0.0752. The van der Waals surface area contributed by atoms with Gasteiger partial charge < -0.3 is 9.64 Å². The zero-order valence-corrected chi connectivity index (χ0v) is 16.5. The summed E-state index contributed by atoms with van der Waals surface area (Å²) in [5.74, 6) is -1.15. The number of halogens is 2. The Morgan fingerprint density at radius 2 is 1.86 bits per heavy atom. The molecule has 29 heavy (non-hydrogen) atoms. The number of aromatic nitrogens is 2. The Bertz CT molecular complexity index is 983. The third-order valence-electron chi connectivity index (χ3n) is 7.26. The van der Waals surface area contributed by atoms with E-state index in [4.69, 9.17) is 4.74 Å². The molecule has 1 saturated heterocycles. The molecule has 2 bridgehead atoms. The highest BCUT2D eigenvalue weighted by molar-refractivity contribution is 5.92. The van der Waals surface area contributed by atoms with Crippen LogP contribution in [0.15, 0.2) is 24.3 Å². The third kappa shape index (κ3) is 2.37. The molecule has 0 radical (unpaired) electrons. The average Bonchev–Trinajstić information content (AvgIpc) is 3.09. The summed E-state index contributed by atoms with van der Waals surface area (Å²) >= 11 is 0. The first-order valence-electron chi connectivity index (χ1n) is 10.1. The van der Waals surface area contributed by atoms with Crippen molar-refractivity contribution < 1.29 is 18.3 Å². The van der Waals surface area contributed by atoms with Gasteiger partial charge in [0.05, 0.1) is 35.6 Å². The van der Waals surface area contributed by atoms with E-state index in [-0.39, 0.29) is 28.5 Å². The van der Waals surface area contributed by atoms with Gasteiger partial charge in [0.2, 0.25) is 5.91 Å². The highest BCUT2D eigenvalue weighted by atomic mass is 19.1. The molecule has 1 saturated carbocycles.